The summed E-state index contributed by atoms with van der Waals surface area (Å²) in [6, 6.07) is 7.38. The number of hydrogen-bond acceptors (Lipinski definition) is 4. The number of anilines is 1. The molecule has 4 nitrogen and oxygen atoms in total. The minimum atomic E-state index is -0.306. The van der Waals surface area contributed by atoms with Crippen LogP contribution in [0.1, 0.15) is 0 Å². The largest absolute Gasteiger partial charge is 0.481 e. The standard InChI is InChI=1S/C11H10FN3O/c1-16-10-6-9(13)14-11(15-10)7-2-4-8(12)5-3-7/h2-6H,1H3,(H2,13,14,15). The van der Waals surface area contributed by atoms with Crippen LogP contribution in [0.25, 0.3) is 11.4 Å². The summed E-state index contributed by atoms with van der Waals surface area (Å²) in [5.74, 6) is 0.800. The predicted octanol–water partition coefficient (Wildman–Crippen LogP) is 1.87. The third-order valence-corrected chi connectivity index (χ3v) is 2.03. The van der Waals surface area contributed by atoms with Gasteiger partial charge in [-0.05, 0) is 24.3 Å². The van der Waals surface area contributed by atoms with Crippen LogP contribution in [-0.4, -0.2) is 17.1 Å². The van der Waals surface area contributed by atoms with Crippen LogP contribution in [-0.2, 0) is 0 Å². The molecule has 0 spiro atoms. The fraction of sp³-hybridized carbons (Fsp3) is 0.0909. The topological polar surface area (TPSA) is 61.0 Å². The smallest absolute Gasteiger partial charge is 0.218 e. The van der Waals surface area contributed by atoms with Gasteiger partial charge >= 0.3 is 0 Å². The normalized spacial score (nSPS) is 10.1. The monoisotopic (exact) mass is 219 g/mol. The van der Waals surface area contributed by atoms with Gasteiger partial charge in [0.15, 0.2) is 5.82 Å². The van der Waals surface area contributed by atoms with Gasteiger partial charge < -0.3 is 10.5 Å². The molecule has 0 aliphatic rings. The van der Waals surface area contributed by atoms with Crippen molar-refractivity contribution in [1.29, 1.82) is 0 Å². The van der Waals surface area contributed by atoms with Crippen molar-refractivity contribution in [3.63, 3.8) is 0 Å². The Hall–Kier alpha value is -2.17. The van der Waals surface area contributed by atoms with E-state index in [1.165, 1.54) is 25.3 Å². The second kappa shape index (κ2) is 4.14. The van der Waals surface area contributed by atoms with Gasteiger partial charge in [0, 0.05) is 11.6 Å². The zero-order chi connectivity index (χ0) is 11.5. The minimum absolute atomic E-state index is 0.306. The Kier molecular flexibility index (Phi) is 2.68. The average molecular weight is 219 g/mol. The minimum Gasteiger partial charge on any atom is -0.481 e. The van der Waals surface area contributed by atoms with Gasteiger partial charge in [-0.15, -0.1) is 0 Å². The molecule has 82 valence electrons. The molecule has 0 radical (unpaired) electrons. The molecule has 2 rings (SSSR count). The lowest BCUT2D eigenvalue weighted by atomic mass is 10.2. The number of nitrogens with two attached hydrogens (primary N) is 1. The van der Waals surface area contributed by atoms with Crippen LogP contribution in [0, 0.1) is 5.82 Å². The Balaban J connectivity index is 2.47. The number of benzene rings is 1. The lowest BCUT2D eigenvalue weighted by molar-refractivity contribution is 0.398. The van der Waals surface area contributed by atoms with Crippen LogP contribution in [0.5, 0.6) is 5.88 Å². The summed E-state index contributed by atoms with van der Waals surface area (Å²) in [4.78, 5) is 8.16. The molecule has 0 bridgehead atoms. The highest BCUT2D eigenvalue weighted by molar-refractivity contribution is 5.57. The third-order valence-electron chi connectivity index (χ3n) is 2.03. The number of nitrogen functional groups attached to an aromatic ring is 1. The molecule has 0 saturated heterocycles. The molecule has 2 aromatic rings. The van der Waals surface area contributed by atoms with Crippen LogP contribution < -0.4 is 10.5 Å². The summed E-state index contributed by atoms with van der Waals surface area (Å²) in [7, 11) is 1.50. The molecule has 0 aliphatic carbocycles. The Morgan fingerprint density at radius 3 is 2.50 bits per heavy atom. The van der Waals surface area contributed by atoms with Gasteiger partial charge in [0.2, 0.25) is 5.88 Å². The first kappa shape index (κ1) is 10.4. The molecular weight excluding hydrogens is 209 g/mol. The van der Waals surface area contributed by atoms with Crippen LogP contribution in [0.2, 0.25) is 0 Å². The van der Waals surface area contributed by atoms with Crippen molar-refractivity contribution >= 4 is 5.82 Å². The molecule has 0 atom stereocenters. The molecule has 16 heavy (non-hydrogen) atoms. The van der Waals surface area contributed by atoms with Gasteiger partial charge in [-0.2, -0.15) is 4.98 Å². The first-order valence-corrected chi connectivity index (χ1v) is 4.63. The number of ether oxygens (including phenoxy) is 1. The number of aromatic nitrogens is 2. The number of halogens is 1. The van der Waals surface area contributed by atoms with Gasteiger partial charge in [0.05, 0.1) is 7.11 Å². The zero-order valence-corrected chi connectivity index (χ0v) is 8.64. The van der Waals surface area contributed by atoms with Crippen LogP contribution >= 0.6 is 0 Å². The number of methoxy groups -OCH3 is 1. The lowest BCUT2D eigenvalue weighted by Gasteiger charge is -2.04. The molecule has 1 aromatic heterocycles. The maximum atomic E-state index is 12.7. The summed E-state index contributed by atoms with van der Waals surface area (Å²) < 4.78 is 17.7. The molecule has 0 aliphatic heterocycles. The molecule has 0 fully saturated rings. The molecule has 5 heteroatoms. The summed E-state index contributed by atoms with van der Waals surface area (Å²) in [6.45, 7) is 0. The fourth-order valence-electron chi connectivity index (χ4n) is 1.28. The van der Waals surface area contributed by atoms with Crippen LogP contribution in [0.3, 0.4) is 0 Å². The van der Waals surface area contributed by atoms with E-state index in [0.29, 0.717) is 23.1 Å². The second-order valence-electron chi connectivity index (χ2n) is 3.17. The van der Waals surface area contributed by atoms with Gasteiger partial charge in [-0.25, -0.2) is 9.37 Å². The second-order valence-corrected chi connectivity index (χ2v) is 3.17. The quantitative estimate of drug-likeness (QED) is 0.837. The first-order chi connectivity index (χ1) is 7.69. The number of nitrogens with zero attached hydrogens (tertiary/aromatic N) is 2. The van der Waals surface area contributed by atoms with Crippen molar-refractivity contribution in [2.75, 3.05) is 12.8 Å². The average Bonchev–Trinajstić information content (AvgIpc) is 2.29. The molecule has 1 heterocycles. The maximum Gasteiger partial charge on any atom is 0.218 e. The summed E-state index contributed by atoms with van der Waals surface area (Å²) in [5, 5.41) is 0. The van der Waals surface area contributed by atoms with E-state index < -0.39 is 0 Å². The molecule has 1 aromatic carbocycles. The lowest BCUT2D eigenvalue weighted by Crippen LogP contribution is -1.98. The predicted molar refractivity (Wildman–Crippen MR) is 58.4 cm³/mol. The number of rotatable bonds is 2. The van der Waals surface area contributed by atoms with Crippen molar-refractivity contribution in [3.05, 3.63) is 36.1 Å². The summed E-state index contributed by atoms with van der Waals surface area (Å²) >= 11 is 0. The maximum absolute atomic E-state index is 12.7. The third kappa shape index (κ3) is 2.08. The highest BCUT2D eigenvalue weighted by atomic mass is 19.1. The molecule has 0 saturated carbocycles. The van der Waals surface area contributed by atoms with E-state index in [0.717, 1.165) is 0 Å². The van der Waals surface area contributed by atoms with Gasteiger partial charge in [0.25, 0.3) is 0 Å². The summed E-state index contributed by atoms with van der Waals surface area (Å²) in [6.07, 6.45) is 0. The Bertz CT molecular complexity index is 499. The fourth-order valence-corrected chi connectivity index (χ4v) is 1.28. The van der Waals surface area contributed by atoms with E-state index in [1.54, 1.807) is 12.1 Å². The molecule has 2 N–H and O–H groups in total. The Labute approximate surface area is 91.9 Å². The number of hydrogen-bond donors (Lipinski definition) is 1. The molecule has 0 amide bonds. The van der Waals surface area contributed by atoms with Gasteiger partial charge in [-0.1, -0.05) is 0 Å². The summed E-state index contributed by atoms with van der Waals surface area (Å²) in [5.41, 5.74) is 6.28. The van der Waals surface area contributed by atoms with Crippen molar-refractivity contribution in [2.24, 2.45) is 0 Å². The van der Waals surface area contributed by atoms with Crippen molar-refractivity contribution in [1.82, 2.24) is 9.97 Å². The van der Waals surface area contributed by atoms with Crippen LogP contribution in [0.4, 0.5) is 10.2 Å². The van der Waals surface area contributed by atoms with E-state index in [4.69, 9.17) is 10.5 Å². The first-order valence-electron chi connectivity index (χ1n) is 4.63. The van der Waals surface area contributed by atoms with Crippen molar-refractivity contribution in [3.8, 4) is 17.3 Å². The SMILES string of the molecule is COc1cc(N)nc(-c2ccc(F)cc2)n1. The van der Waals surface area contributed by atoms with E-state index in [2.05, 4.69) is 9.97 Å². The van der Waals surface area contributed by atoms with Gasteiger partial charge in [-0.3, -0.25) is 0 Å². The zero-order valence-electron chi connectivity index (χ0n) is 8.64. The van der Waals surface area contributed by atoms with Crippen molar-refractivity contribution in [2.45, 2.75) is 0 Å². The van der Waals surface area contributed by atoms with E-state index >= 15 is 0 Å². The molecule has 0 unspecified atom stereocenters. The van der Waals surface area contributed by atoms with Crippen LogP contribution in [0.15, 0.2) is 30.3 Å². The van der Waals surface area contributed by atoms with Gasteiger partial charge in [0.1, 0.15) is 11.6 Å². The Morgan fingerprint density at radius 1 is 1.19 bits per heavy atom. The van der Waals surface area contributed by atoms with E-state index in [9.17, 15) is 4.39 Å². The van der Waals surface area contributed by atoms with E-state index in [-0.39, 0.29) is 5.82 Å². The highest BCUT2D eigenvalue weighted by Crippen LogP contribution is 2.19. The highest BCUT2D eigenvalue weighted by Gasteiger charge is 2.05. The van der Waals surface area contributed by atoms with Crippen molar-refractivity contribution < 1.29 is 9.13 Å². The van der Waals surface area contributed by atoms with E-state index in [1.807, 2.05) is 0 Å². The Morgan fingerprint density at radius 2 is 1.88 bits per heavy atom. The molecular formula is C11H10FN3O.